The Labute approximate surface area is 215 Å². The van der Waals surface area contributed by atoms with Gasteiger partial charge in [-0.05, 0) is 51.0 Å². The SMILES string of the molecule is CN(C)CCOc1cncc(-c2ccc3[nH]nc(-c4nc5c(N6CCN(C)CC6)ccnc5[nH]4)c3c2)c1. The Morgan fingerprint density at radius 2 is 1.89 bits per heavy atom. The zero-order valence-corrected chi connectivity index (χ0v) is 21.4. The fourth-order valence-electron chi connectivity index (χ4n) is 4.69. The molecule has 5 aromatic rings. The van der Waals surface area contributed by atoms with Crippen LogP contribution in [-0.2, 0) is 0 Å². The lowest BCUT2D eigenvalue weighted by Gasteiger charge is -2.33. The van der Waals surface area contributed by atoms with Gasteiger partial charge in [0.1, 0.15) is 23.6 Å². The molecule has 1 aliphatic heterocycles. The van der Waals surface area contributed by atoms with Gasteiger partial charge in [-0.15, -0.1) is 0 Å². The van der Waals surface area contributed by atoms with Crippen LogP contribution in [0.15, 0.2) is 48.9 Å². The first-order valence-electron chi connectivity index (χ1n) is 12.5. The number of hydrogen-bond donors (Lipinski definition) is 2. The van der Waals surface area contributed by atoms with Crippen molar-refractivity contribution in [3.63, 3.8) is 0 Å². The number of nitrogens with zero attached hydrogens (tertiary/aromatic N) is 7. The Balaban J connectivity index is 1.33. The number of aromatic nitrogens is 6. The third-order valence-electron chi connectivity index (χ3n) is 6.85. The Bertz CT molecular complexity index is 1530. The van der Waals surface area contributed by atoms with Gasteiger partial charge in [0.2, 0.25) is 0 Å². The van der Waals surface area contributed by atoms with Crippen LogP contribution < -0.4 is 9.64 Å². The van der Waals surface area contributed by atoms with Crippen LogP contribution in [0, 0.1) is 0 Å². The summed E-state index contributed by atoms with van der Waals surface area (Å²) in [6.07, 6.45) is 5.45. The van der Waals surface area contributed by atoms with Gasteiger partial charge < -0.3 is 24.4 Å². The molecule has 4 aromatic heterocycles. The summed E-state index contributed by atoms with van der Waals surface area (Å²) in [5, 5.41) is 8.74. The van der Waals surface area contributed by atoms with Crippen molar-refractivity contribution in [1.29, 1.82) is 0 Å². The first kappa shape index (κ1) is 23.4. The molecule has 0 unspecified atom stereocenters. The van der Waals surface area contributed by atoms with E-state index in [0.29, 0.717) is 12.4 Å². The molecule has 1 aliphatic rings. The molecule has 5 heterocycles. The van der Waals surface area contributed by atoms with E-state index in [1.165, 1.54) is 0 Å². The highest BCUT2D eigenvalue weighted by Crippen LogP contribution is 2.32. The van der Waals surface area contributed by atoms with Gasteiger partial charge in [0.05, 0.1) is 17.4 Å². The molecule has 1 fully saturated rings. The van der Waals surface area contributed by atoms with Crippen molar-refractivity contribution in [2.75, 3.05) is 65.4 Å². The number of aromatic amines is 2. The second-order valence-corrected chi connectivity index (χ2v) is 9.80. The summed E-state index contributed by atoms with van der Waals surface area (Å²) in [6, 6.07) is 10.3. The molecule has 10 heteroatoms. The van der Waals surface area contributed by atoms with Gasteiger partial charge in [-0.3, -0.25) is 10.1 Å². The van der Waals surface area contributed by atoms with Gasteiger partial charge in [-0.25, -0.2) is 9.97 Å². The van der Waals surface area contributed by atoms with Crippen LogP contribution in [0.25, 0.3) is 44.7 Å². The van der Waals surface area contributed by atoms with Crippen molar-refractivity contribution in [1.82, 2.24) is 39.9 Å². The minimum atomic E-state index is 0.610. The molecule has 10 nitrogen and oxygen atoms in total. The van der Waals surface area contributed by atoms with E-state index in [0.717, 1.165) is 83.0 Å². The number of fused-ring (bicyclic) bond motifs is 2. The monoisotopic (exact) mass is 497 g/mol. The van der Waals surface area contributed by atoms with Crippen LogP contribution >= 0.6 is 0 Å². The van der Waals surface area contributed by atoms with E-state index >= 15 is 0 Å². The number of pyridine rings is 2. The van der Waals surface area contributed by atoms with Crippen molar-refractivity contribution < 1.29 is 4.74 Å². The summed E-state index contributed by atoms with van der Waals surface area (Å²) < 4.78 is 5.89. The summed E-state index contributed by atoms with van der Waals surface area (Å²) in [4.78, 5) is 24.1. The van der Waals surface area contributed by atoms with Crippen LogP contribution in [0.4, 0.5) is 5.69 Å². The average molecular weight is 498 g/mol. The number of anilines is 1. The molecule has 2 N–H and O–H groups in total. The van der Waals surface area contributed by atoms with E-state index in [4.69, 9.17) is 9.72 Å². The number of hydrogen-bond acceptors (Lipinski definition) is 8. The zero-order chi connectivity index (χ0) is 25.4. The third kappa shape index (κ3) is 4.73. The summed E-state index contributed by atoms with van der Waals surface area (Å²) in [5.41, 5.74) is 6.49. The van der Waals surface area contributed by atoms with Crippen LogP contribution in [0.3, 0.4) is 0 Å². The number of likely N-dealkylation sites (N-methyl/N-ethyl adjacent to an activating group) is 2. The number of nitrogens with one attached hydrogen (secondary N) is 2. The Hall–Kier alpha value is -4.02. The molecular weight excluding hydrogens is 466 g/mol. The second kappa shape index (κ2) is 9.79. The van der Waals surface area contributed by atoms with E-state index in [1.807, 2.05) is 38.6 Å². The molecule has 190 valence electrons. The van der Waals surface area contributed by atoms with Crippen molar-refractivity contribution in [3.8, 4) is 28.4 Å². The highest BCUT2D eigenvalue weighted by molar-refractivity contribution is 5.96. The highest BCUT2D eigenvalue weighted by atomic mass is 16.5. The Kier molecular flexibility index (Phi) is 6.19. The maximum atomic E-state index is 5.89. The van der Waals surface area contributed by atoms with Crippen molar-refractivity contribution in [3.05, 3.63) is 48.9 Å². The van der Waals surface area contributed by atoms with Crippen molar-refractivity contribution in [2.45, 2.75) is 0 Å². The maximum Gasteiger partial charge on any atom is 0.161 e. The summed E-state index contributed by atoms with van der Waals surface area (Å²) in [5.74, 6) is 1.46. The number of H-pyrrole nitrogens is 2. The van der Waals surface area contributed by atoms with Gasteiger partial charge in [0.15, 0.2) is 11.5 Å². The predicted molar refractivity (Wildman–Crippen MR) is 146 cm³/mol. The van der Waals surface area contributed by atoms with E-state index < -0.39 is 0 Å². The van der Waals surface area contributed by atoms with E-state index in [9.17, 15) is 0 Å². The van der Waals surface area contributed by atoms with Gasteiger partial charge >= 0.3 is 0 Å². The molecule has 0 aliphatic carbocycles. The van der Waals surface area contributed by atoms with Gasteiger partial charge in [-0.1, -0.05) is 6.07 Å². The fraction of sp³-hybridized carbons (Fsp3) is 0.333. The molecule has 6 rings (SSSR count). The number of ether oxygens (including phenoxy) is 1. The number of rotatable bonds is 7. The van der Waals surface area contributed by atoms with Crippen LogP contribution in [-0.4, -0.2) is 100 Å². The summed E-state index contributed by atoms with van der Waals surface area (Å²) >= 11 is 0. The molecule has 0 amide bonds. The van der Waals surface area contributed by atoms with Gasteiger partial charge in [-0.2, -0.15) is 5.10 Å². The number of imidazole rings is 1. The molecular formula is C27H31N9O. The van der Waals surface area contributed by atoms with E-state index in [-0.39, 0.29) is 0 Å². The normalized spacial score (nSPS) is 14.8. The Morgan fingerprint density at radius 1 is 1.03 bits per heavy atom. The molecule has 0 atom stereocenters. The largest absolute Gasteiger partial charge is 0.491 e. The average Bonchev–Trinajstić information content (AvgIpc) is 3.53. The standard InChI is InChI=1S/C27H31N9O/c1-34(2)12-13-37-20-14-19(16-28-17-20)18-4-5-22-21(15-18)24(33-32-22)27-30-25-23(6-7-29-26(25)31-27)36-10-8-35(3)9-11-36/h4-7,14-17H,8-13H2,1-3H3,(H,32,33)(H,29,30,31). The zero-order valence-electron chi connectivity index (χ0n) is 21.4. The summed E-state index contributed by atoms with van der Waals surface area (Å²) in [6.45, 7) is 5.46. The van der Waals surface area contributed by atoms with Crippen LogP contribution in [0.2, 0.25) is 0 Å². The molecule has 1 saturated heterocycles. The molecule has 1 aromatic carbocycles. The van der Waals surface area contributed by atoms with E-state index in [2.05, 4.69) is 65.1 Å². The minimum absolute atomic E-state index is 0.610. The lowest BCUT2D eigenvalue weighted by atomic mass is 10.0. The smallest absolute Gasteiger partial charge is 0.161 e. The quantitative estimate of drug-likeness (QED) is 0.353. The first-order valence-corrected chi connectivity index (χ1v) is 12.5. The van der Waals surface area contributed by atoms with Crippen LogP contribution in [0.1, 0.15) is 0 Å². The lowest BCUT2D eigenvalue weighted by Crippen LogP contribution is -2.44. The van der Waals surface area contributed by atoms with E-state index in [1.54, 1.807) is 6.20 Å². The third-order valence-corrected chi connectivity index (χ3v) is 6.85. The van der Waals surface area contributed by atoms with Crippen molar-refractivity contribution >= 4 is 27.8 Å². The van der Waals surface area contributed by atoms with Crippen LogP contribution in [0.5, 0.6) is 5.75 Å². The van der Waals surface area contributed by atoms with Gasteiger partial charge in [0, 0.05) is 56.1 Å². The Morgan fingerprint density at radius 3 is 2.73 bits per heavy atom. The molecule has 0 spiro atoms. The fourth-order valence-corrected chi connectivity index (χ4v) is 4.69. The molecule has 0 bridgehead atoms. The maximum absolute atomic E-state index is 5.89. The first-order chi connectivity index (χ1) is 18.0. The molecule has 37 heavy (non-hydrogen) atoms. The highest BCUT2D eigenvalue weighted by Gasteiger charge is 2.20. The second-order valence-electron chi connectivity index (χ2n) is 9.80. The van der Waals surface area contributed by atoms with Crippen molar-refractivity contribution in [2.24, 2.45) is 0 Å². The summed E-state index contributed by atoms with van der Waals surface area (Å²) in [7, 11) is 6.22. The predicted octanol–water partition coefficient (Wildman–Crippen LogP) is 3.26. The molecule has 0 saturated carbocycles. The molecule has 0 radical (unpaired) electrons. The minimum Gasteiger partial charge on any atom is -0.491 e. The van der Waals surface area contributed by atoms with Gasteiger partial charge in [0.25, 0.3) is 0 Å². The number of piperazine rings is 1. The lowest BCUT2D eigenvalue weighted by molar-refractivity contribution is 0.261. The topological polar surface area (TPSA) is 102 Å². The number of benzene rings is 1.